The molecule has 2 aromatic carbocycles. The maximum Gasteiger partial charge on any atom is 0.211 e. The van der Waals surface area contributed by atoms with Crippen molar-refractivity contribution < 1.29 is 17.9 Å². The van der Waals surface area contributed by atoms with Gasteiger partial charge in [-0.15, -0.1) is 0 Å². The van der Waals surface area contributed by atoms with Crippen LogP contribution < -0.4 is 4.74 Å². The Morgan fingerprint density at radius 1 is 1.00 bits per heavy atom. The monoisotopic (exact) mass is 373 g/mol. The van der Waals surface area contributed by atoms with Crippen LogP contribution in [0.4, 0.5) is 0 Å². The van der Waals surface area contributed by atoms with Gasteiger partial charge in [0.2, 0.25) is 10.0 Å². The molecule has 0 radical (unpaired) electrons. The number of carbonyl (C=O) groups excluding carboxylic acids is 1. The molecule has 1 heterocycles. The lowest BCUT2D eigenvalue weighted by atomic mass is 9.68. The molecular formula is C20H23NO4S. The third kappa shape index (κ3) is 3.39. The number of methoxy groups -OCH3 is 1. The molecule has 138 valence electrons. The van der Waals surface area contributed by atoms with Crippen LogP contribution in [0.25, 0.3) is 0 Å². The Labute approximate surface area is 154 Å². The van der Waals surface area contributed by atoms with Crippen molar-refractivity contribution in [1.82, 2.24) is 4.31 Å². The van der Waals surface area contributed by atoms with Crippen LogP contribution in [0.15, 0.2) is 54.6 Å². The molecule has 1 aliphatic rings. The highest BCUT2D eigenvalue weighted by molar-refractivity contribution is 7.88. The van der Waals surface area contributed by atoms with Crippen LogP contribution in [0.5, 0.6) is 5.75 Å². The molecule has 1 fully saturated rings. The summed E-state index contributed by atoms with van der Waals surface area (Å²) < 4.78 is 30.8. The number of hydrogen-bond donors (Lipinski definition) is 0. The highest BCUT2D eigenvalue weighted by Crippen LogP contribution is 2.40. The van der Waals surface area contributed by atoms with Gasteiger partial charge in [-0.05, 0) is 29.7 Å². The van der Waals surface area contributed by atoms with E-state index in [0.29, 0.717) is 18.7 Å². The summed E-state index contributed by atoms with van der Waals surface area (Å²) in [7, 11) is -1.75. The second-order valence-electron chi connectivity index (χ2n) is 6.59. The lowest BCUT2D eigenvalue weighted by Crippen LogP contribution is -2.37. The summed E-state index contributed by atoms with van der Waals surface area (Å²) in [5.41, 5.74) is 0.840. The van der Waals surface area contributed by atoms with Crippen LogP contribution >= 0.6 is 0 Å². The van der Waals surface area contributed by atoms with Gasteiger partial charge in [0.05, 0.1) is 18.8 Å². The van der Waals surface area contributed by atoms with E-state index in [9.17, 15) is 13.2 Å². The number of ether oxygens (including phenoxy) is 1. The summed E-state index contributed by atoms with van der Waals surface area (Å²) >= 11 is 0. The van der Waals surface area contributed by atoms with Gasteiger partial charge in [-0.25, -0.2) is 12.7 Å². The fourth-order valence-corrected chi connectivity index (χ4v) is 4.55. The van der Waals surface area contributed by atoms with Crippen molar-refractivity contribution in [1.29, 1.82) is 0 Å². The van der Waals surface area contributed by atoms with E-state index in [1.807, 2.05) is 54.6 Å². The fraction of sp³-hybridized carbons (Fsp3) is 0.350. The summed E-state index contributed by atoms with van der Waals surface area (Å²) in [5.74, 6) is 0.706. The van der Waals surface area contributed by atoms with Crippen molar-refractivity contribution in [3.05, 3.63) is 65.7 Å². The molecule has 0 N–H and O–H groups in total. The third-order valence-corrected chi connectivity index (χ3v) is 6.40. The first-order valence-corrected chi connectivity index (χ1v) is 10.4. The van der Waals surface area contributed by atoms with Crippen LogP contribution in [0.2, 0.25) is 0 Å². The summed E-state index contributed by atoms with van der Waals surface area (Å²) in [4.78, 5) is 13.3. The average Bonchev–Trinajstić information content (AvgIpc) is 2.82. The van der Waals surface area contributed by atoms with Crippen LogP contribution in [0.1, 0.15) is 24.0 Å². The quantitative estimate of drug-likeness (QED) is 0.826. The van der Waals surface area contributed by atoms with E-state index in [4.69, 9.17) is 4.74 Å². The van der Waals surface area contributed by atoms with Crippen molar-refractivity contribution >= 4 is 15.8 Å². The van der Waals surface area contributed by atoms with Crippen molar-refractivity contribution in [3.8, 4) is 5.75 Å². The summed E-state index contributed by atoms with van der Waals surface area (Å²) in [6, 6.07) is 17.1. The Morgan fingerprint density at radius 2 is 1.69 bits per heavy atom. The van der Waals surface area contributed by atoms with Gasteiger partial charge in [0.25, 0.3) is 0 Å². The Hall–Kier alpha value is -2.18. The Bertz CT molecular complexity index is 895. The molecule has 6 heteroatoms. The zero-order valence-corrected chi connectivity index (χ0v) is 15.8. The minimum absolute atomic E-state index is 0.0307. The highest BCUT2D eigenvalue weighted by atomic mass is 32.2. The molecule has 26 heavy (non-hydrogen) atoms. The van der Waals surface area contributed by atoms with Gasteiger partial charge in [0, 0.05) is 19.5 Å². The number of nitrogens with zero attached hydrogens (tertiary/aromatic N) is 1. The highest BCUT2D eigenvalue weighted by Gasteiger charge is 2.44. The van der Waals surface area contributed by atoms with Gasteiger partial charge in [-0.2, -0.15) is 0 Å². The van der Waals surface area contributed by atoms with Gasteiger partial charge >= 0.3 is 0 Å². The molecule has 5 nitrogen and oxygen atoms in total. The Kier molecular flexibility index (Phi) is 5.16. The standard InChI is InChI=1S/C20H23NO4S/c1-25-18-10-6-9-17(15-18)20(16-7-4-3-5-8-16)12-14-21(26(2,23)24)13-11-19(20)22/h3-10,15H,11-14H2,1-2H3. The van der Waals surface area contributed by atoms with E-state index >= 15 is 0 Å². The molecule has 1 saturated heterocycles. The number of sulfonamides is 1. The van der Waals surface area contributed by atoms with Gasteiger partial charge < -0.3 is 4.74 Å². The first-order chi connectivity index (χ1) is 12.4. The summed E-state index contributed by atoms with van der Waals surface area (Å²) in [6.07, 6.45) is 1.77. The summed E-state index contributed by atoms with van der Waals surface area (Å²) in [6.45, 7) is 0.521. The smallest absolute Gasteiger partial charge is 0.211 e. The molecule has 2 aromatic rings. The molecule has 1 unspecified atom stereocenters. The molecule has 0 amide bonds. The lowest BCUT2D eigenvalue weighted by molar-refractivity contribution is -0.122. The zero-order chi connectivity index (χ0) is 18.8. The van der Waals surface area contributed by atoms with E-state index in [2.05, 4.69) is 0 Å². The predicted molar refractivity (Wildman–Crippen MR) is 101 cm³/mol. The number of ketones is 1. The van der Waals surface area contributed by atoms with Gasteiger partial charge in [0.1, 0.15) is 11.5 Å². The molecule has 0 aliphatic carbocycles. The molecule has 0 bridgehead atoms. The molecule has 1 atom stereocenters. The third-order valence-electron chi connectivity index (χ3n) is 5.10. The summed E-state index contributed by atoms with van der Waals surface area (Å²) in [5, 5.41) is 0. The van der Waals surface area contributed by atoms with Crippen molar-refractivity contribution in [3.63, 3.8) is 0 Å². The van der Waals surface area contributed by atoms with Crippen LogP contribution in [-0.2, 0) is 20.2 Å². The number of rotatable bonds is 4. The first-order valence-electron chi connectivity index (χ1n) is 8.56. The van der Waals surface area contributed by atoms with E-state index in [-0.39, 0.29) is 18.7 Å². The lowest BCUT2D eigenvalue weighted by Gasteiger charge is -2.33. The first kappa shape index (κ1) is 18.6. The normalized spacial score (nSPS) is 22.0. The SMILES string of the molecule is COc1cccc(C2(c3ccccc3)CCN(S(C)(=O)=O)CCC2=O)c1. The largest absolute Gasteiger partial charge is 0.497 e. The van der Waals surface area contributed by atoms with Crippen LogP contribution in [0.3, 0.4) is 0 Å². The average molecular weight is 373 g/mol. The van der Waals surface area contributed by atoms with Crippen molar-refractivity contribution in [2.75, 3.05) is 26.5 Å². The second-order valence-corrected chi connectivity index (χ2v) is 8.57. The minimum atomic E-state index is -3.34. The van der Waals surface area contributed by atoms with Crippen molar-refractivity contribution in [2.45, 2.75) is 18.3 Å². The van der Waals surface area contributed by atoms with Crippen molar-refractivity contribution in [2.24, 2.45) is 0 Å². The number of hydrogen-bond acceptors (Lipinski definition) is 4. The number of Topliss-reactive ketones (excluding diaryl/α,β-unsaturated/α-hetero) is 1. The molecule has 0 aromatic heterocycles. The Balaban J connectivity index is 2.16. The second kappa shape index (κ2) is 7.21. The Morgan fingerprint density at radius 3 is 2.35 bits per heavy atom. The predicted octanol–water partition coefficient (Wildman–Crippen LogP) is 2.61. The number of carbonyl (C=O) groups is 1. The van der Waals surface area contributed by atoms with E-state index < -0.39 is 15.4 Å². The molecule has 0 spiro atoms. The van der Waals surface area contributed by atoms with Gasteiger partial charge in [0.15, 0.2) is 0 Å². The van der Waals surface area contributed by atoms with E-state index in [1.165, 1.54) is 10.6 Å². The van der Waals surface area contributed by atoms with E-state index in [0.717, 1.165) is 11.1 Å². The topological polar surface area (TPSA) is 63.7 Å². The molecule has 0 saturated carbocycles. The maximum absolute atomic E-state index is 13.3. The van der Waals surface area contributed by atoms with Crippen LogP contribution in [0, 0.1) is 0 Å². The molecule has 3 rings (SSSR count). The maximum atomic E-state index is 13.3. The fourth-order valence-electron chi connectivity index (χ4n) is 3.70. The molecular weight excluding hydrogens is 350 g/mol. The van der Waals surface area contributed by atoms with Crippen LogP contribution in [-0.4, -0.2) is 45.0 Å². The zero-order valence-electron chi connectivity index (χ0n) is 15.0. The van der Waals surface area contributed by atoms with Gasteiger partial charge in [-0.1, -0.05) is 42.5 Å². The minimum Gasteiger partial charge on any atom is -0.497 e. The van der Waals surface area contributed by atoms with E-state index in [1.54, 1.807) is 7.11 Å². The molecule has 1 aliphatic heterocycles. The van der Waals surface area contributed by atoms with Gasteiger partial charge in [-0.3, -0.25) is 4.79 Å². The number of benzene rings is 2.